The average Bonchev–Trinajstić information content (AvgIpc) is 3.02. The summed E-state index contributed by atoms with van der Waals surface area (Å²) in [4.78, 5) is 38.7. The Morgan fingerprint density at radius 2 is 1.96 bits per heavy atom. The number of amides is 1. The van der Waals surface area contributed by atoms with Gasteiger partial charge in [0.25, 0.3) is 5.91 Å². The number of anilines is 1. The number of carbonyl (C=O) groups is 2. The second-order valence-corrected chi connectivity index (χ2v) is 7.73. The van der Waals surface area contributed by atoms with Gasteiger partial charge in [0.15, 0.2) is 5.13 Å². The highest BCUT2D eigenvalue weighted by atomic mass is 32.1. The number of rotatable bonds is 5. The predicted octanol–water partition coefficient (Wildman–Crippen LogP) is 3.89. The molecule has 0 aliphatic heterocycles. The predicted molar refractivity (Wildman–Crippen MR) is 97.4 cm³/mol. The normalized spacial score (nSPS) is 12.3. The van der Waals surface area contributed by atoms with Crippen molar-refractivity contribution in [1.82, 2.24) is 4.98 Å². The molecule has 0 unspecified atom stereocenters. The van der Waals surface area contributed by atoms with E-state index in [-0.39, 0.29) is 32.8 Å². The van der Waals surface area contributed by atoms with Crippen molar-refractivity contribution in [1.29, 1.82) is 0 Å². The van der Waals surface area contributed by atoms with E-state index in [1.54, 1.807) is 19.1 Å². The fourth-order valence-electron chi connectivity index (χ4n) is 1.87. The van der Waals surface area contributed by atoms with E-state index in [4.69, 9.17) is 4.74 Å². The Balaban J connectivity index is 2.18. The monoisotopic (exact) mass is 377 g/mol. The van der Waals surface area contributed by atoms with Crippen molar-refractivity contribution in [2.75, 3.05) is 5.32 Å². The van der Waals surface area contributed by atoms with Crippen molar-refractivity contribution in [2.45, 2.75) is 27.7 Å². The van der Waals surface area contributed by atoms with Gasteiger partial charge < -0.3 is 4.74 Å². The number of carbonyl (C=O) groups excluding carboxylic acids is 2. The Morgan fingerprint density at radius 3 is 2.54 bits per heavy atom. The number of nitrogens with one attached hydrogen (secondary N) is 1. The first-order chi connectivity index (χ1) is 12.1. The average molecular weight is 377 g/mol. The number of hydrogen-bond donors (Lipinski definition) is 1. The van der Waals surface area contributed by atoms with Gasteiger partial charge in [-0.25, -0.2) is 4.98 Å². The first-order valence-corrected chi connectivity index (χ1v) is 8.63. The number of ether oxygens (including phenoxy) is 1. The maximum atomic E-state index is 12.5. The molecule has 138 valence electrons. The number of nitrogens with zero attached hydrogens (tertiary/aromatic N) is 2. The Kier molecular flexibility index (Phi) is 5.71. The molecule has 0 saturated carbocycles. The topological polar surface area (TPSA) is 111 Å². The number of hydrogen-bond acceptors (Lipinski definition) is 7. The number of esters is 1. The molecular weight excluding hydrogens is 358 g/mol. The third-order valence-corrected chi connectivity index (χ3v) is 4.75. The minimum Gasteiger partial charge on any atom is -0.425 e. The van der Waals surface area contributed by atoms with E-state index in [2.05, 4.69) is 10.3 Å². The van der Waals surface area contributed by atoms with Crippen LogP contribution in [-0.2, 0) is 4.79 Å². The van der Waals surface area contributed by atoms with Gasteiger partial charge in [-0.05, 0) is 28.9 Å². The van der Waals surface area contributed by atoms with Crippen molar-refractivity contribution in [3.8, 4) is 5.75 Å². The van der Waals surface area contributed by atoms with Crippen LogP contribution in [0.4, 0.5) is 10.1 Å². The Labute approximate surface area is 154 Å². The maximum absolute atomic E-state index is 12.5. The molecule has 1 aromatic heterocycles. The van der Waals surface area contributed by atoms with Gasteiger partial charge in [-0.15, -0.1) is 0 Å². The molecule has 0 saturated heterocycles. The number of aromatic nitrogens is 1. The molecule has 0 fully saturated rings. The number of benzene rings is 1. The van der Waals surface area contributed by atoms with Crippen LogP contribution >= 0.6 is 11.3 Å². The molecule has 0 radical (unpaired) electrons. The molecule has 0 aliphatic carbocycles. The Bertz CT molecular complexity index is 841. The molecule has 1 amide bonds. The van der Waals surface area contributed by atoms with Crippen molar-refractivity contribution in [2.24, 2.45) is 11.3 Å². The van der Waals surface area contributed by atoms with E-state index in [9.17, 15) is 19.7 Å². The lowest BCUT2D eigenvalue weighted by molar-refractivity contribution is -0.380. The summed E-state index contributed by atoms with van der Waals surface area (Å²) in [6, 6.07) is 6.30. The Hall–Kier alpha value is -2.81. The summed E-state index contributed by atoms with van der Waals surface area (Å²) in [6.07, 6.45) is 1.07. The van der Waals surface area contributed by atoms with Gasteiger partial charge in [0, 0.05) is 0 Å². The summed E-state index contributed by atoms with van der Waals surface area (Å²) in [5.41, 5.74) is -0.145. The van der Waals surface area contributed by atoms with E-state index in [0.717, 1.165) is 17.5 Å². The number of para-hydroxylation sites is 1. The van der Waals surface area contributed by atoms with Crippen molar-refractivity contribution < 1.29 is 19.2 Å². The molecule has 0 spiro atoms. The Morgan fingerprint density at radius 1 is 1.31 bits per heavy atom. The van der Waals surface area contributed by atoms with E-state index < -0.39 is 16.8 Å². The number of nitro groups is 1. The fourth-order valence-corrected chi connectivity index (χ4v) is 2.49. The van der Waals surface area contributed by atoms with E-state index >= 15 is 0 Å². The number of thiazole rings is 1. The van der Waals surface area contributed by atoms with Crippen LogP contribution in [0.15, 0.2) is 30.5 Å². The molecule has 26 heavy (non-hydrogen) atoms. The van der Waals surface area contributed by atoms with Crippen LogP contribution in [0.1, 0.15) is 38.1 Å². The highest BCUT2D eigenvalue weighted by Gasteiger charge is 2.29. The quantitative estimate of drug-likeness (QED) is 0.366. The minimum atomic E-state index is -0.586. The van der Waals surface area contributed by atoms with Crippen LogP contribution in [0.3, 0.4) is 0 Å². The second kappa shape index (κ2) is 7.61. The van der Waals surface area contributed by atoms with Crippen LogP contribution in [0.2, 0.25) is 0 Å². The first kappa shape index (κ1) is 19.5. The smallest absolute Gasteiger partial charge is 0.345 e. The van der Waals surface area contributed by atoms with Crippen LogP contribution < -0.4 is 10.1 Å². The molecule has 1 N–H and O–H groups in total. The third-order valence-electron chi connectivity index (χ3n) is 3.89. The summed E-state index contributed by atoms with van der Waals surface area (Å²) in [6.45, 7) is 7.53. The highest BCUT2D eigenvalue weighted by Crippen LogP contribution is 2.29. The molecule has 0 bridgehead atoms. The summed E-state index contributed by atoms with van der Waals surface area (Å²) < 4.78 is 5.41. The van der Waals surface area contributed by atoms with Gasteiger partial charge in [-0.3, -0.25) is 25.0 Å². The van der Waals surface area contributed by atoms with E-state index in [1.807, 2.05) is 20.8 Å². The molecule has 1 atom stereocenters. The second-order valence-electron chi connectivity index (χ2n) is 6.72. The highest BCUT2D eigenvalue weighted by molar-refractivity contribution is 7.18. The molecule has 1 heterocycles. The van der Waals surface area contributed by atoms with E-state index in [0.29, 0.717) is 0 Å². The molecule has 8 nitrogen and oxygen atoms in total. The molecule has 1 aromatic carbocycles. The van der Waals surface area contributed by atoms with E-state index in [1.165, 1.54) is 12.1 Å². The fraction of sp³-hybridized carbons (Fsp3) is 0.353. The summed E-state index contributed by atoms with van der Waals surface area (Å²) >= 11 is 0.742. The largest absolute Gasteiger partial charge is 0.425 e. The zero-order valence-corrected chi connectivity index (χ0v) is 15.6. The van der Waals surface area contributed by atoms with Crippen molar-refractivity contribution in [3.05, 3.63) is 46.1 Å². The zero-order valence-electron chi connectivity index (χ0n) is 14.8. The van der Waals surface area contributed by atoms with Gasteiger partial charge in [0.05, 0.1) is 16.4 Å². The first-order valence-electron chi connectivity index (χ1n) is 7.82. The van der Waals surface area contributed by atoms with Crippen LogP contribution in [0.25, 0.3) is 0 Å². The van der Waals surface area contributed by atoms with Crippen molar-refractivity contribution in [3.63, 3.8) is 0 Å². The van der Waals surface area contributed by atoms with Gasteiger partial charge in [0.2, 0.25) is 0 Å². The van der Waals surface area contributed by atoms with Crippen LogP contribution in [0.5, 0.6) is 5.75 Å². The minimum absolute atomic E-state index is 0.0888. The SMILES string of the molecule is C[C@H](C(=O)Oc1ccccc1C(=O)Nc1ncc([N+](=O)[O-])s1)C(C)(C)C. The molecule has 2 aromatic rings. The van der Waals surface area contributed by atoms with Crippen LogP contribution in [0, 0.1) is 21.4 Å². The lowest BCUT2D eigenvalue weighted by atomic mass is 9.82. The van der Waals surface area contributed by atoms with Gasteiger partial charge in [-0.2, -0.15) is 0 Å². The van der Waals surface area contributed by atoms with Gasteiger partial charge >= 0.3 is 11.0 Å². The molecule has 2 rings (SSSR count). The third kappa shape index (κ3) is 4.63. The lowest BCUT2D eigenvalue weighted by Gasteiger charge is -2.25. The lowest BCUT2D eigenvalue weighted by Crippen LogP contribution is -2.30. The zero-order chi connectivity index (χ0) is 19.5. The molecular formula is C17H19N3O5S. The van der Waals surface area contributed by atoms with Gasteiger partial charge in [-0.1, -0.05) is 39.8 Å². The molecule has 0 aliphatic rings. The van der Waals surface area contributed by atoms with Crippen LogP contribution in [-0.4, -0.2) is 21.8 Å². The van der Waals surface area contributed by atoms with Crippen molar-refractivity contribution >= 4 is 33.3 Å². The van der Waals surface area contributed by atoms with Gasteiger partial charge in [0.1, 0.15) is 11.9 Å². The standard InChI is InChI=1S/C17H19N3O5S/c1-10(17(2,3)4)15(22)25-12-8-6-5-7-11(12)14(21)19-16-18-9-13(26-16)20(23)24/h5-10H,1-4H3,(H,18,19,21)/t10-/m1/s1. The molecule has 9 heteroatoms. The summed E-state index contributed by atoms with van der Waals surface area (Å²) in [5, 5.41) is 13.1. The summed E-state index contributed by atoms with van der Waals surface area (Å²) in [7, 11) is 0. The maximum Gasteiger partial charge on any atom is 0.345 e. The summed E-state index contributed by atoms with van der Waals surface area (Å²) in [5.74, 6) is -1.26.